The van der Waals surface area contributed by atoms with Gasteiger partial charge in [-0.25, -0.2) is 0 Å². The highest BCUT2D eigenvalue weighted by Gasteiger charge is 2.20. The Balaban J connectivity index is 1.28. The molecule has 2 amide bonds. The second-order valence-corrected chi connectivity index (χ2v) is 9.84. The first-order valence-electron chi connectivity index (χ1n) is 13.3. The van der Waals surface area contributed by atoms with Crippen molar-refractivity contribution in [2.45, 2.75) is 32.3 Å². The second kappa shape index (κ2) is 12.2. The highest BCUT2D eigenvalue weighted by atomic mass is 16.5. The minimum Gasteiger partial charge on any atom is -0.490 e. The molecule has 2 heterocycles. The van der Waals surface area contributed by atoms with Crippen LogP contribution in [0.15, 0.2) is 60.8 Å². The average molecular weight is 515 g/mol. The van der Waals surface area contributed by atoms with Crippen LogP contribution >= 0.6 is 0 Å². The van der Waals surface area contributed by atoms with Crippen LogP contribution in [-0.2, 0) is 4.74 Å². The zero-order valence-electron chi connectivity index (χ0n) is 21.7. The molecule has 1 saturated heterocycles. The third kappa shape index (κ3) is 6.57. The van der Waals surface area contributed by atoms with Crippen molar-refractivity contribution < 1.29 is 19.1 Å². The van der Waals surface area contributed by atoms with Gasteiger partial charge < -0.3 is 20.1 Å². The number of hydrogen-bond acceptors (Lipinski definition) is 6. The van der Waals surface area contributed by atoms with E-state index in [1.165, 1.54) is 6.42 Å². The molecule has 8 nitrogen and oxygen atoms in total. The number of carbonyl (C=O) groups excluding carboxylic acids is 2. The molecule has 1 aliphatic heterocycles. The Morgan fingerprint density at radius 2 is 1.82 bits per heavy atom. The molecule has 5 rings (SSSR count). The molecular weight excluding hydrogens is 480 g/mol. The van der Waals surface area contributed by atoms with Crippen LogP contribution in [0.4, 0.5) is 5.69 Å². The maximum Gasteiger partial charge on any atom is 0.255 e. The van der Waals surface area contributed by atoms with E-state index in [0.717, 1.165) is 68.3 Å². The van der Waals surface area contributed by atoms with Gasteiger partial charge in [-0.05, 0) is 80.3 Å². The van der Waals surface area contributed by atoms with E-state index in [0.29, 0.717) is 23.4 Å². The molecule has 2 fully saturated rings. The van der Waals surface area contributed by atoms with Gasteiger partial charge in [0.25, 0.3) is 11.8 Å². The van der Waals surface area contributed by atoms with E-state index in [4.69, 9.17) is 9.47 Å². The normalized spacial score (nSPS) is 15.9. The Hall–Kier alpha value is -3.75. The topological polar surface area (TPSA) is 92.8 Å². The summed E-state index contributed by atoms with van der Waals surface area (Å²) in [7, 11) is 0. The third-order valence-electron chi connectivity index (χ3n) is 6.99. The molecular formula is C30H34N4O4. The smallest absolute Gasteiger partial charge is 0.255 e. The van der Waals surface area contributed by atoms with Gasteiger partial charge in [-0.15, -0.1) is 0 Å². The zero-order chi connectivity index (χ0) is 26.3. The molecule has 1 aromatic heterocycles. The number of anilines is 1. The molecule has 0 radical (unpaired) electrons. The van der Waals surface area contributed by atoms with Crippen molar-refractivity contribution in [1.82, 2.24) is 15.2 Å². The summed E-state index contributed by atoms with van der Waals surface area (Å²) in [4.78, 5) is 32.8. The number of rotatable bonds is 9. The van der Waals surface area contributed by atoms with E-state index >= 15 is 0 Å². The minimum atomic E-state index is -0.297. The summed E-state index contributed by atoms with van der Waals surface area (Å²) < 4.78 is 11.5. The maximum atomic E-state index is 13.3. The largest absolute Gasteiger partial charge is 0.490 e. The van der Waals surface area contributed by atoms with Crippen LogP contribution in [0.5, 0.6) is 5.75 Å². The van der Waals surface area contributed by atoms with Gasteiger partial charge in [0, 0.05) is 49.1 Å². The third-order valence-corrected chi connectivity index (χ3v) is 6.99. The van der Waals surface area contributed by atoms with E-state index in [1.807, 2.05) is 37.3 Å². The first-order valence-corrected chi connectivity index (χ1v) is 13.3. The maximum absolute atomic E-state index is 13.3. The number of aromatic nitrogens is 1. The first-order chi connectivity index (χ1) is 18.5. The monoisotopic (exact) mass is 514 g/mol. The summed E-state index contributed by atoms with van der Waals surface area (Å²) in [6.07, 6.45) is 5.32. The van der Waals surface area contributed by atoms with E-state index < -0.39 is 0 Å². The van der Waals surface area contributed by atoms with Crippen LogP contribution in [0.3, 0.4) is 0 Å². The highest BCUT2D eigenvalue weighted by Crippen LogP contribution is 2.33. The molecule has 0 unspecified atom stereocenters. The van der Waals surface area contributed by atoms with E-state index in [2.05, 4.69) is 20.5 Å². The molecule has 3 aromatic rings. The number of carbonyl (C=O) groups is 2. The number of benzene rings is 2. The summed E-state index contributed by atoms with van der Waals surface area (Å²) in [6.45, 7) is 6.52. The average Bonchev–Trinajstić information content (AvgIpc) is 2.92. The number of pyridine rings is 1. The fraction of sp³-hybridized carbons (Fsp3) is 0.367. The predicted octanol–water partition coefficient (Wildman–Crippen LogP) is 4.30. The SMILES string of the molecule is Cc1ccnc(-c2cc(OC3CCC3)ccc2NC(=O)c2cccc(C(=O)NCCN3CCOCC3)c2)c1. The van der Waals surface area contributed by atoms with Gasteiger partial charge in [-0.1, -0.05) is 6.07 Å². The number of nitrogens with zero attached hydrogens (tertiary/aromatic N) is 2. The van der Waals surface area contributed by atoms with Crippen molar-refractivity contribution in [2.75, 3.05) is 44.7 Å². The minimum absolute atomic E-state index is 0.199. The lowest BCUT2D eigenvalue weighted by atomic mass is 9.96. The Labute approximate surface area is 223 Å². The summed E-state index contributed by atoms with van der Waals surface area (Å²) in [5.41, 5.74) is 4.11. The molecule has 2 aromatic carbocycles. The van der Waals surface area contributed by atoms with Crippen LogP contribution in [0.1, 0.15) is 45.5 Å². The van der Waals surface area contributed by atoms with Gasteiger partial charge in [-0.3, -0.25) is 19.5 Å². The lowest BCUT2D eigenvalue weighted by molar-refractivity contribution is 0.0383. The molecule has 198 valence electrons. The number of nitrogens with one attached hydrogen (secondary N) is 2. The van der Waals surface area contributed by atoms with Crippen molar-refractivity contribution in [3.8, 4) is 17.0 Å². The van der Waals surface area contributed by atoms with Crippen molar-refractivity contribution in [3.05, 3.63) is 77.5 Å². The fourth-order valence-electron chi connectivity index (χ4n) is 4.53. The lowest BCUT2D eigenvalue weighted by Crippen LogP contribution is -2.41. The van der Waals surface area contributed by atoms with E-state index in [9.17, 15) is 9.59 Å². The molecule has 2 aliphatic rings. The van der Waals surface area contributed by atoms with Gasteiger partial charge in [-0.2, -0.15) is 0 Å². The number of morpholine rings is 1. The summed E-state index contributed by atoms with van der Waals surface area (Å²) in [6, 6.07) is 16.4. The Bertz CT molecular complexity index is 1280. The van der Waals surface area contributed by atoms with Crippen LogP contribution in [0.2, 0.25) is 0 Å². The van der Waals surface area contributed by atoms with Crippen molar-refractivity contribution in [3.63, 3.8) is 0 Å². The second-order valence-electron chi connectivity index (χ2n) is 9.84. The van der Waals surface area contributed by atoms with Crippen molar-refractivity contribution >= 4 is 17.5 Å². The van der Waals surface area contributed by atoms with Crippen LogP contribution in [0, 0.1) is 6.92 Å². The predicted molar refractivity (Wildman–Crippen MR) is 147 cm³/mol. The summed E-state index contributed by atoms with van der Waals surface area (Å²) in [5, 5.41) is 5.97. The Kier molecular flexibility index (Phi) is 8.31. The van der Waals surface area contributed by atoms with Gasteiger partial charge >= 0.3 is 0 Å². The van der Waals surface area contributed by atoms with Gasteiger partial charge in [0.1, 0.15) is 5.75 Å². The fourth-order valence-corrected chi connectivity index (χ4v) is 4.53. The van der Waals surface area contributed by atoms with Crippen LogP contribution in [0.25, 0.3) is 11.3 Å². The lowest BCUT2D eigenvalue weighted by Gasteiger charge is -2.26. The van der Waals surface area contributed by atoms with E-state index in [-0.39, 0.29) is 17.9 Å². The summed E-state index contributed by atoms with van der Waals surface area (Å²) in [5.74, 6) is 0.270. The molecule has 38 heavy (non-hydrogen) atoms. The molecule has 8 heteroatoms. The molecule has 1 saturated carbocycles. The Morgan fingerprint density at radius 1 is 1.03 bits per heavy atom. The molecule has 0 bridgehead atoms. The van der Waals surface area contributed by atoms with E-state index in [1.54, 1.807) is 30.5 Å². The molecule has 2 N–H and O–H groups in total. The standard InChI is InChI=1S/C30H34N4O4/c1-21-10-11-31-28(18-21)26-20-25(38-24-6-3-7-24)8-9-27(26)33-30(36)23-5-2-4-22(19-23)29(35)32-12-13-34-14-16-37-17-15-34/h2,4-5,8-11,18-20,24H,3,6-7,12-17H2,1H3,(H,32,35)(H,33,36). The van der Waals surface area contributed by atoms with Gasteiger partial charge in [0.15, 0.2) is 0 Å². The highest BCUT2D eigenvalue weighted by molar-refractivity contribution is 6.07. The van der Waals surface area contributed by atoms with Crippen molar-refractivity contribution in [2.24, 2.45) is 0 Å². The quantitative estimate of drug-likeness (QED) is 0.442. The van der Waals surface area contributed by atoms with Gasteiger partial charge in [0.05, 0.1) is 30.7 Å². The van der Waals surface area contributed by atoms with Gasteiger partial charge in [0.2, 0.25) is 0 Å². The summed E-state index contributed by atoms with van der Waals surface area (Å²) >= 11 is 0. The zero-order valence-corrected chi connectivity index (χ0v) is 21.7. The molecule has 1 aliphatic carbocycles. The molecule has 0 atom stereocenters. The first kappa shape index (κ1) is 25.9. The number of amides is 2. The Morgan fingerprint density at radius 3 is 2.55 bits per heavy atom. The number of ether oxygens (including phenoxy) is 2. The van der Waals surface area contributed by atoms with Crippen molar-refractivity contribution in [1.29, 1.82) is 0 Å². The molecule has 0 spiro atoms. The number of aryl methyl sites for hydroxylation is 1. The van der Waals surface area contributed by atoms with Crippen LogP contribution < -0.4 is 15.4 Å². The number of hydrogen-bond donors (Lipinski definition) is 2. The van der Waals surface area contributed by atoms with Crippen LogP contribution in [-0.4, -0.2) is 67.2 Å².